The van der Waals surface area contributed by atoms with Gasteiger partial charge in [-0.1, -0.05) is 13.3 Å². The van der Waals surface area contributed by atoms with Crippen LogP contribution < -0.4 is 0 Å². The zero-order valence-corrected chi connectivity index (χ0v) is 7.61. The van der Waals surface area contributed by atoms with Crippen LogP contribution in [0.1, 0.15) is 32.6 Å². The summed E-state index contributed by atoms with van der Waals surface area (Å²) < 4.78 is 0. The number of aliphatic hydroxyl groups is 1. The smallest absolute Gasteiger partial charge is 0.0433 e. The molecule has 62 valence electrons. The molecule has 1 nitrogen and oxygen atoms in total. The molecule has 0 bridgehead atoms. The highest BCUT2D eigenvalue weighted by atomic mass is 32.1. The van der Waals surface area contributed by atoms with Gasteiger partial charge >= 0.3 is 0 Å². The van der Waals surface area contributed by atoms with Crippen LogP contribution in [0, 0.1) is 5.92 Å². The molecule has 1 N–H and O–H groups in total. The van der Waals surface area contributed by atoms with Crippen molar-refractivity contribution >= 4 is 12.6 Å². The average Bonchev–Trinajstić information content (AvgIpc) is 1.98. The molecule has 0 fully saturated rings. The Morgan fingerprint density at radius 3 is 2.50 bits per heavy atom. The first-order valence-electron chi connectivity index (χ1n) is 4.06. The Hall–Kier alpha value is 0.310. The quantitative estimate of drug-likeness (QED) is 0.573. The number of hydrogen-bond donors (Lipinski definition) is 2. The molecule has 10 heavy (non-hydrogen) atoms. The van der Waals surface area contributed by atoms with Crippen LogP contribution in [0.4, 0.5) is 0 Å². The zero-order valence-electron chi connectivity index (χ0n) is 6.71. The minimum atomic E-state index is 0.338. The van der Waals surface area contributed by atoms with E-state index in [1.807, 2.05) is 0 Å². The van der Waals surface area contributed by atoms with E-state index in [4.69, 9.17) is 5.11 Å². The molecule has 0 radical (unpaired) electrons. The van der Waals surface area contributed by atoms with Crippen LogP contribution >= 0.6 is 12.6 Å². The third kappa shape index (κ3) is 5.12. The van der Waals surface area contributed by atoms with Gasteiger partial charge in [0.15, 0.2) is 0 Å². The van der Waals surface area contributed by atoms with Gasteiger partial charge in [-0.2, -0.15) is 12.6 Å². The van der Waals surface area contributed by atoms with E-state index in [1.54, 1.807) is 0 Å². The predicted molar refractivity (Wildman–Crippen MR) is 48.6 cm³/mol. The van der Waals surface area contributed by atoms with E-state index in [0.717, 1.165) is 18.1 Å². The van der Waals surface area contributed by atoms with Crippen molar-refractivity contribution in [2.45, 2.75) is 32.6 Å². The van der Waals surface area contributed by atoms with Gasteiger partial charge in [0, 0.05) is 6.61 Å². The normalized spacial score (nSPS) is 13.5. The lowest BCUT2D eigenvalue weighted by Gasteiger charge is -2.11. The van der Waals surface area contributed by atoms with Crippen molar-refractivity contribution in [1.82, 2.24) is 0 Å². The Kier molecular flexibility index (Phi) is 7.65. The van der Waals surface area contributed by atoms with Gasteiger partial charge in [0.1, 0.15) is 0 Å². The van der Waals surface area contributed by atoms with Crippen LogP contribution in [0.3, 0.4) is 0 Å². The molecule has 0 saturated carbocycles. The zero-order chi connectivity index (χ0) is 7.82. The molecule has 1 atom stereocenters. The maximum absolute atomic E-state index is 8.65. The molecule has 0 aliphatic carbocycles. The van der Waals surface area contributed by atoms with Crippen LogP contribution in [0.5, 0.6) is 0 Å². The van der Waals surface area contributed by atoms with Gasteiger partial charge < -0.3 is 5.11 Å². The minimum absolute atomic E-state index is 0.338. The highest BCUT2D eigenvalue weighted by Crippen LogP contribution is 2.14. The maximum Gasteiger partial charge on any atom is 0.0433 e. The number of hydrogen-bond acceptors (Lipinski definition) is 2. The lowest BCUT2D eigenvalue weighted by Crippen LogP contribution is -2.01. The van der Waals surface area contributed by atoms with Crippen LogP contribution in [0.15, 0.2) is 0 Å². The van der Waals surface area contributed by atoms with E-state index >= 15 is 0 Å². The second-order valence-corrected chi connectivity index (χ2v) is 3.10. The maximum atomic E-state index is 8.65. The van der Waals surface area contributed by atoms with Gasteiger partial charge in [-0.3, -0.25) is 0 Å². The Morgan fingerprint density at radius 1 is 1.40 bits per heavy atom. The van der Waals surface area contributed by atoms with Crippen molar-refractivity contribution in [3.8, 4) is 0 Å². The van der Waals surface area contributed by atoms with E-state index in [1.165, 1.54) is 19.3 Å². The topological polar surface area (TPSA) is 20.2 Å². The van der Waals surface area contributed by atoms with Crippen LogP contribution in [-0.4, -0.2) is 17.5 Å². The van der Waals surface area contributed by atoms with E-state index < -0.39 is 0 Å². The lowest BCUT2D eigenvalue weighted by atomic mass is 9.98. The molecular weight excluding hydrogens is 144 g/mol. The molecule has 0 aromatic carbocycles. The SMILES string of the molecule is CCC(CCO)CCCS. The van der Waals surface area contributed by atoms with Crippen LogP contribution in [0.2, 0.25) is 0 Å². The minimum Gasteiger partial charge on any atom is -0.396 e. The first-order valence-corrected chi connectivity index (χ1v) is 4.70. The molecule has 0 saturated heterocycles. The summed E-state index contributed by atoms with van der Waals surface area (Å²) in [6.07, 6.45) is 4.56. The first-order chi connectivity index (χ1) is 4.85. The molecule has 0 spiro atoms. The summed E-state index contributed by atoms with van der Waals surface area (Å²) in [6.45, 7) is 2.52. The number of thiol groups is 1. The second kappa shape index (κ2) is 7.42. The molecule has 0 aromatic rings. The van der Waals surface area contributed by atoms with E-state index in [0.29, 0.717) is 6.61 Å². The monoisotopic (exact) mass is 162 g/mol. The van der Waals surface area contributed by atoms with Crippen molar-refractivity contribution in [3.05, 3.63) is 0 Å². The Morgan fingerprint density at radius 2 is 2.10 bits per heavy atom. The number of rotatable bonds is 6. The van der Waals surface area contributed by atoms with Gasteiger partial charge in [0.25, 0.3) is 0 Å². The van der Waals surface area contributed by atoms with Crippen LogP contribution in [-0.2, 0) is 0 Å². The average molecular weight is 162 g/mol. The molecule has 0 aromatic heterocycles. The van der Waals surface area contributed by atoms with Crippen LogP contribution in [0.25, 0.3) is 0 Å². The first kappa shape index (κ1) is 10.3. The molecule has 0 amide bonds. The molecule has 0 aliphatic rings. The van der Waals surface area contributed by atoms with E-state index in [-0.39, 0.29) is 0 Å². The molecule has 2 heteroatoms. The van der Waals surface area contributed by atoms with Crippen molar-refractivity contribution in [3.63, 3.8) is 0 Å². The van der Waals surface area contributed by atoms with Crippen molar-refractivity contribution in [2.24, 2.45) is 5.92 Å². The molecule has 0 aliphatic heterocycles. The fraction of sp³-hybridized carbons (Fsp3) is 1.00. The van der Waals surface area contributed by atoms with Crippen molar-refractivity contribution < 1.29 is 5.11 Å². The lowest BCUT2D eigenvalue weighted by molar-refractivity contribution is 0.249. The fourth-order valence-electron chi connectivity index (χ4n) is 1.12. The number of aliphatic hydroxyl groups excluding tert-OH is 1. The summed E-state index contributed by atoms with van der Waals surface area (Å²) in [5.74, 6) is 1.69. The predicted octanol–water partition coefficient (Wildman–Crippen LogP) is 2.11. The molecule has 0 heterocycles. The van der Waals surface area contributed by atoms with Gasteiger partial charge in [-0.15, -0.1) is 0 Å². The second-order valence-electron chi connectivity index (χ2n) is 2.65. The molecule has 0 rings (SSSR count). The molecule has 1 unspecified atom stereocenters. The van der Waals surface area contributed by atoms with Crippen molar-refractivity contribution in [2.75, 3.05) is 12.4 Å². The largest absolute Gasteiger partial charge is 0.396 e. The third-order valence-electron chi connectivity index (χ3n) is 1.89. The summed E-state index contributed by atoms with van der Waals surface area (Å²) >= 11 is 4.14. The highest BCUT2D eigenvalue weighted by molar-refractivity contribution is 7.80. The van der Waals surface area contributed by atoms with Gasteiger partial charge in [-0.25, -0.2) is 0 Å². The van der Waals surface area contributed by atoms with Crippen molar-refractivity contribution in [1.29, 1.82) is 0 Å². The summed E-state index contributed by atoms with van der Waals surface area (Å²) in [6, 6.07) is 0. The van der Waals surface area contributed by atoms with E-state index in [2.05, 4.69) is 19.6 Å². The van der Waals surface area contributed by atoms with E-state index in [9.17, 15) is 0 Å². The Labute approximate surface area is 69.2 Å². The Balaban J connectivity index is 3.21. The van der Waals surface area contributed by atoms with Gasteiger partial charge in [0.05, 0.1) is 0 Å². The molecular formula is C8H18OS. The summed E-state index contributed by atoms with van der Waals surface area (Å²) in [4.78, 5) is 0. The summed E-state index contributed by atoms with van der Waals surface area (Å²) in [5.41, 5.74) is 0. The van der Waals surface area contributed by atoms with Gasteiger partial charge in [0.2, 0.25) is 0 Å². The third-order valence-corrected chi connectivity index (χ3v) is 2.20. The Bertz CT molecular complexity index is 66.3. The summed E-state index contributed by atoms with van der Waals surface area (Å²) in [5, 5.41) is 8.65. The highest BCUT2D eigenvalue weighted by Gasteiger charge is 2.03. The van der Waals surface area contributed by atoms with Gasteiger partial charge in [-0.05, 0) is 30.9 Å². The standard InChI is InChI=1S/C8H18OS/c1-2-8(5-6-9)4-3-7-10/h8-10H,2-7H2,1H3. The fourth-order valence-corrected chi connectivity index (χ4v) is 1.30. The summed E-state index contributed by atoms with van der Waals surface area (Å²) in [7, 11) is 0.